The summed E-state index contributed by atoms with van der Waals surface area (Å²) in [5, 5.41) is 7.23. The highest BCUT2D eigenvalue weighted by Gasteiger charge is 2.16. The van der Waals surface area contributed by atoms with Gasteiger partial charge in [-0.25, -0.2) is 0 Å². The van der Waals surface area contributed by atoms with E-state index in [4.69, 9.17) is 0 Å². The quantitative estimate of drug-likeness (QED) is 0.470. The summed E-state index contributed by atoms with van der Waals surface area (Å²) in [6.45, 7) is 1.89. The van der Waals surface area contributed by atoms with Crippen LogP contribution in [0, 0.1) is 10.5 Å². The molecule has 0 saturated heterocycles. The van der Waals surface area contributed by atoms with E-state index in [9.17, 15) is 9.59 Å². The zero-order valence-electron chi connectivity index (χ0n) is 13.0. The minimum absolute atomic E-state index is 0.618. The van der Waals surface area contributed by atoms with Gasteiger partial charge in [-0.1, -0.05) is 36.4 Å². The van der Waals surface area contributed by atoms with Crippen molar-refractivity contribution in [3.63, 3.8) is 0 Å². The first-order valence-corrected chi connectivity index (χ1v) is 8.49. The van der Waals surface area contributed by atoms with Gasteiger partial charge in [0.2, 0.25) is 0 Å². The minimum atomic E-state index is -0.690. The molecule has 0 bridgehead atoms. The fraction of sp³-hybridized carbons (Fsp3) is 0.0526. The molecular formula is C19H15IN2O2. The van der Waals surface area contributed by atoms with Gasteiger partial charge in [0.05, 0.1) is 0 Å². The van der Waals surface area contributed by atoms with E-state index in [-0.39, 0.29) is 0 Å². The van der Waals surface area contributed by atoms with Crippen LogP contribution in [-0.4, -0.2) is 11.8 Å². The highest BCUT2D eigenvalue weighted by molar-refractivity contribution is 14.1. The Morgan fingerprint density at radius 2 is 1.50 bits per heavy atom. The third-order valence-electron chi connectivity index (χ3n) is 3.68. The average Bonchev–Trinajstić information content (AvgIpc) is 2.57. The molecule has 0 radical (unpaired) electrons. The SMILES string of the molecule is Cc1cc(I)ccc1NC(=O)C(=O)Nc1cccc2ccccc12. The first kappa shape index (κ1) is 16.4. The van der Waals surface area contributed by atoms with Crippen LogP contribution in [0.3, 0.4) is 0 Å². The number of aryl methyl sites for hydroxylation is 1. The molecule has 0 fully saturated rings. The molecule has 2 amide bonds. The molecular weight excluding hydrogens is 415 g/mol. The molecule has 2 N–H and O–H groups in total. The summed E-state index contributed by atoms with van der Waals surface area (Å²) >= 11 is 2.20. The number of carbonyl (C=O) groups is 2. The van der Waals surface area contributed by atoms with Crippen molar-refractivity contribution in [2.24, 2.45) is 0 Å². The first-order chi connectivity index (χ1) is 11.5. The smallest absolute Gasteiger partial charge is 0.314 e. The van der Waals surface area contributed by atoms with Gasteiger partial charge in [-0.15, -0.1) is 0 Å². The van der Waals surface area contributed by atoms with Crippen molar-refractivity contribution in [3.8, 4) is 0 Å². The zero-order chi connectivity index (χ0) is 17.1. The van der Waals surface area contributed by atoms with Gasteiger partial charge in [0.25, 0.3) is 0 Å². The first-order valence-electron chi connectivity index (χ1n) is 7.41. The molecule has 120 valence electrons. The molecule has 0 heterocycles. The molecule has 24 heavy (non-hydrogen) atoms. The number of fused-ring (bicyclic) bond motifs is 1. The second-order valence-electron chi connectivity index (χ2n) is 5.39. The van der Waals surface area contributed by atoms with Gasteiger partial charge in [0, 0.05) is 20.3 Å². The summed E-state index contributed by atoms with van der Waals surface area (Å²) in [5.41, 5.74) is 2.16. The van der Waals surface area contributed by atoms with Crippen LogP contribution in [0.1, 0.15) is 5.56 Å². The molecule has 0 saturated carbocycles. The van der Waals surface area contributed by atoms with Crippen molar-refractivity contribution in [1.29, 1.82) is 0 Å². The topological polar surface area (TPSA) is 58.2 Å². The van der Waals surface area contributed by atoms with Gasteiger partial charge in [0.15, 0.2) is 0 Å². The molecule has 0 aliphatic rings. The number of carbonyl (C=O) groups excluding carboxylic acids is 2. The van der Waals surface area contributed by atoms with E-state index in [1.807, 2.05) is 55.5 Å². The number of benzene rings is 3. The Bertz CT molecular complexity index is 932. The number of halogens is 1. The highest BCUT2D eigenvalue weighted by Crippen LogP contribution is 2.23. The Balaban J connectivity index is 1.77. The van der Waals surface area contributed by atoms with Crippen molar-refractivity contribution in [2.75, 3.05) is 10.6 Å². The van der Waals surface area contributed by atoms with Crippen LogP contribution in [0.15, 0.2) is 60.7 Å². The van der Waals surface area contributed by atoms with E-state index >= 15 is 0 Å². The van der Waals surface area contributed by atoms with Crippen molar-refractivity contribution < 1.29 is 9.59 Å². The van der Waals surface area contributed by atoms with E-state index in [1.54, 1.807) is 12.1 Å². The van der Waals surface area contributed by atoms with Crippen molar-refractivity contribution in [3.05, 3.63) is 69.8 Å². The van der Waals surface area contributed by atoms with Gasteiger partial charge < -0.3 is 10.6 Å². The van der Waals surface area contributed by atoms with Crippen LogP contribution in [0.25, 0.3) is 10.8 Å². The number of rotatable bonds is 2. The normalized spacial score (nSPS) is 10.4. The van der Waals surface area contributed by atoms with Gasteiger partial charge >= 0.3 is 11.8 Å². The summed E-state index contributed by atoms with van der Waals surface area (Å²) in [7, 11) is 0. The van der Waals surface area contributed by atoms with Gasteiger partial charge in [0.1, 0.15) is 0 Å². The minimum Gasteiger partial charge on any atom is -0.318 e. The predicted molar refractivity (Wildman–Crippen MR) is 105 cm³/mol. The second kappa shape index (κ2) is 7.00. The van der Waals surface area contributed by atoms with Crippen molar-refractivity contribution >= 4 is 56.6 Å². The lowest BCUT2D eigenvalue weighted by Crippen LogP contribution is -2.29. The zero-order valence-corrected chi connectivity index (χ0v) is 15.1. The molecule has 5 heteroatoms. The molecule has 0 atom stereocenters. The van der Waals surface area contributed by atoms with E-state index in [0.29, 0.717) is 11.4 Å². The molecule has 0 spiro atoms. The van der Waals surface area contributed by atoms with E-state index in [1.165, 1.54) is 0 Å². The second-order valence-corrected chi connectivity index (χ2v) is 6.64. The van der Waals surface area contributed by atoms with Crippen LogP contribution in [0.2, 0.25) is 0 Å². The van der Waals surface area contributed by atoms with Crippen LogP contribution in [0.4, 0.5) is 11.4 Å². The summed E-state index contributed by atoms with van der Waals surface area (Å²) in [5.74, 6) is -1.38. The van der Waals surface area contributed by atoms with E-state index in [2.05, 4.69) is 33.2 Å². The van der Waals surface area contributed by atoms with Gasteiger partial charge in [-0.05, 0) is 64.7 Å². The summed E-state index contributed by atoms with van der Waals surface area (Å²) in [6.07, 6.45) is 0. The Morgan fingerprint density at radius 1 is 0.833 bits per heavy atom. The largest absolute Gasteiger partial charge is 0.318 e. The van der Waals surface area contributed by atoms with Crippen LogP contribution < -0.4 is 10.6 Å². The summed E-state index contributed by atoms with van der Waals surface area (Å²) in [6, 6.07) is 18.9. The van der Waals surface area contributed by atoms with Gasteiger partial charge in [-0.2, -0.15) is 0 Å². The Labute approximate surface area is 153 Å². The van der Waals surface area contributed by atoms with Crippen molar-refractivity contribution in [2.45, 2.75) is 6.92 Å². The number of nitrogens with one attached hydrogen (secondary N) is 2. The summed E-state index contributed by atoms with van der Waals surface area (Å²) < 4.78 is 1.07. The molecule has 0 aliphatic heterocycles. The van der Waals surface area contributed by atoms with Crippen LogP contribution in [-0.2, 0) is 9.59 Å². The molecule has 0 unspecified atom stereocenters. The van der Waals surface area contributed by atoms with E-state index in [0.717, 1.165) is 19.9 Å². The van der Waals surface area contributed by atoms with Crippen LogP contribution in [0.5, 0.6) is 0 Å². The molecule has 3 rings (SSSR count). The fourth-order valence-electron chi connectivity index (χ4n) is 2.46. The standard InChI is InChI=1S/C19H15IN2O2/c1-12-11-14(20)9-10-16(12)21-18(23)19(24)22-17-8-4-6-13-5-2-3-7-15(13)17/h2-11H,1H3,(H,21,23)(H,22,24). The Morgan fingerprint density at radius 3 is 2.25 bits per heavy atom. The van der Waals surface area contributed by atoms with Crippen molar-refractivity contribution in [1.82, 2.24) is 0 Å². The number of amides is 2. The molecule has 0 aliphatic carbocycles. The molecule has 3 aromatic carbocycles. The van der Waals surface area contributed by atoms with Gasteiger partial charge in [-0.3, -0.25) is 9.59 Å². The lowest BCUT2D eigenvalue weighted by atomic mass is 10.1. The number of hydrogen-bond acceptors (Lipinski definition) is 2. The third-order valence-corrected chi connectivity index (χ3v) is 4.35. The lowest BCUT2D eigenvalue weighted by molar-refractivity contribution is -0.132. The third kappa shape index (κ3) is 3.56. The lowest BCUT2D eigenvalue weighted by Gasteiger charge is -2.10. The highest BCUT2D eigenvalue weighted by atomic mass is 127. The van der Waals surface area contributed by atoms with E-state index < -0.39 is 11.8 Å². The Hall–Kier alpha value is -2.41. The fourth-order valence-corrected chi connectivity index (χ4v) is 3.11. The predicted octanol–water partition coefficient (Wildman–Crippen LogP) is 4.33. The molecule has 4 nitrogen and oxygen atoms in total. The Kier molecular flexibility index (Phi) is 4.80. The average molecular weight is 430 g/mol. The number of anilines is 2. The molecule has 3 aromatic rings. The monoisotopic (exact) mass is 430 g/mol. The maximum Gasteiger partial charge on any atom is 0.314 e. The molecule has 0 aromatic heterocycles. The van der Waals surface area contributed by atoms with Crippen LogP contribution >= 0.6 is 22.6 Å². The maximum atomic E-state index is 12.2. The maximum absolute atomic E-state index is 12.2. The summed E-state index contributed by atoms with van der Waals surface area (Å²) in [4.78, 5) is 24.4. The number of hydrogen-bond donors (Lipinski definition) is 2.